The van der Waals surface area contributed by atoms with Crippen LogP contribution in [0.2, 0.25) is 0 Å². The van der Waals surface area contributed by atoms with Crippen LogP contribution in [0.25, 0.3) is 0 Å². The number of amides is 1. The number of nitrogens with two attached hydrogens (primary N) is 1. The first kappa shape index (κ1) is 15.7. The number of carbonyl (C=O) groups excluding carboxylic acids is 1. The molecule has 0 saturated carbocycles. The second kappa shape index (κ2) is 7.42. The molecule has 0 atom stereocenters. The molecule has 3 aromatic rings. The molecule has 24 heavy (non-hydrogen) atoms. The van der Waals surface area contributed by atoms with Gasteiger partial charge in [0.05, 0.1) is 11.4 Å². The summed E-state index contributed by atoms with van der Waals surface area (Å²) in [6.45, 7) is 0. The molecule has 0 fully saturated rings. The Kier molecular flexibility index (Phi) is 4.87. The van der Waals surface area contributed by atoms with Gasteiger partial charge in [-0.05, 0) is 54.3 Å². The van der Waals surface area contributed by atoms with Gasteiger partial charge in [0.15, 0.2) is 0 Å². The summed E-state index contributed by atoms with van der Waals surface area (Å²) < 4.78 is 0. The first-order valence-corrected chi connectivity index (χ1v) is 7.70. The van der Waals surface area contributed by atoms with Crippen molar-refractivity contribution in [3.05, 3.63) is 96.2 Å². The van der Waals surface area contributed by atoms with Crippen molar-refractivity contribution in [3.8, 4) is 0 Å². The van der Waals surface area contributed by atoms with E-state index in [1.54, 1.807) is 18.3 Å². The van der Waals surface area contributed by atoms with E-state index < -0.39 is 0 Å². The molecule has 1 heterocycles. The van der Waals surface area contributed by atoms with Crippen molar-refractivity contribution in [3.63, 3.8) is 0 Å². The van der Waals surface area contributed by atoms with Gasteiger partial charge < -0.3 is 11.1 Å². The SMILES string of the molecule is Nc1ccccc1NC(=O)c1ccc([CH]Cc2cccnc2)cc1. The molecule has 1 radical (unpaired) electrons. The van der Waals surface area contributed by atoms with E-state index in [-0.39, 0.29) is 5.91 Å². The quantitative estimate of drug-likeness (QED) is 0.705. The molecule has 119 valence electrons. The monoisotopic (exact) mass is 316 g/mol. The average Bonchev–Trinajstić information content (AvgIpc) is 2.63. The van der Waals surface area contributed by atoms with E-state index in [2.05, 4.69) is 16.7 Å². The van der Waals surface area contributed by atoms with Gasteiger partial charge in [0.1, 0.15) is 0 Å². The van der Waals surface area contributed by atoms with Gasteiger partial charge in [-0.3, -0.25) is 9.78 Å². The highest BCUT2D eigenvalue weighted by atomic mass is 16.1. The summed E-state index contributed by atoms with van der Waals surface area (Å²) in [5.74, 6) is -0.174. The Morgan fingerprint density at radius 2 is 1.83 bits per heavy atom. The predicted octanol–water partition coefficient (Wildman–Crippen LogP) is 3.71. The normalized spacial score (nSPS) is 10.3. The van der Waals surface area contributed by atoms with E-state index in [1.807, 2.05) is 54.7 Å². The van der Waals surface area contributed by atoms with E-state index in [9.17, 15) is 4.79 Å². The van der Waals surface area contributed by atoms with E-state index in [0.29, 0.717) is 16.9 Å². The number of anilines is 2. The summed E-state index contributed by atoms with van der Waals surface area (Å²) in [5.41, 5.74) is 9.82. The fourth-order valence-electron chi connectivity index (χ4n) is 2.33. The lowest BCUT2D eigenvalue weighted by Crippen LogP contribution is -2.13. The van der Waals surface area contributed by atoms with Gasteiger partial charge in [-0.25, -0.2) is 0 Å². The molecule has 0 spiro atoms. The molecular weight excluding hydrogens is 298 g/mol. The lowest BCUT2D eigenvalue weighted by molar-refractivity contribution is 0.102. The second-order valence-electron chi connectivity index (χ2n) is 5.43. The van der Waals surface area contributed by atoms with Crippen molar-refractivity contribution >= 4 is 17.3 Å². The smallest absolute Gasteiger partial charge is 0.255 e. The van der Waals surface area contributed by atoms with E-state index >= 15 is 0 Å². The Morgan fingerprint density at radius 3 is 2.54 bits per heavy atom. The lowest BCUT2D eigenvalue weighted by Gasteiger charge is -2.08. The van der Waals surface area contributed by atoms with Crippen molar-refractivity contribution < 1.29 is 4.79 Å². The highest BCUT2D eigenvalue weighted by Gasteiger charge is 2.07. The first-order valence-electron chi connectivity index (χ1n) is 7.70. The van der Waals surface area contributed by atoms with Crippen molar-refractivity contribution in [2.24, 2.45) is 0 Å². The van der Waals surface area contributed by atoms with E-state index in [4.69, 9.17) is 5.73 Å². The van der Waals surface area contributed by atoms with Gasteiger partial charge >= 0.3 is 0 Å². The van der Waals surface area contributed by atoms with E-state index in [0.717, 1.165) is 17.5 Å². The molecule has 4 heteroatoms. The predicted molar refractivity (Wildman–Crippen MR) is 96.6 cm³/mol. The largest absolute Gasteiger partial charge is 0.397 e. The Balaban J connectivity index is 1.61. The molecule has 0 unspecified atom stereocenters. The maximum absolute atomic E-state index is 12.3. The maximum atomic E-state index is 12.3. The number of aromatic nitrogens is 1. The molecule has 0 aliphatic heterocycles. The summed E-state index contributed by atoms with van der Waals surface area (Å²) in [7, 11) is 0. The third kappa shape index (κ3) is 3.98. The van der Waals surface area contributed by atoms with Crippen LogP contribution in [0, 0.1) is 6.42 Å². The standard InChI is InChI=1S/C20H18N3O/c21-18-5-1-2-6-19(18)23-20(24)17-11-9-15(10-12-17)7-8-16-4-3-13-22-14-16/h1-7,9-14H,8,21H2,(H,23,24). The van der Waals surface area contributed by atoms with Crippen molar-refractivity contribution in [2.75, 3.05) is 11.1 Å². The van der Waals surface area contributed by atoms with Crippen LogP contribution < -0.4 is 11.1 Å². The van der Waals surface area contributed by atoms with Crippen molar-refractivity contribution in [1.29, 1.82) is 0 Å². The number of hydrogen-bond acceptors (Lipinski definition) is 3. The van der Waals surface area contributed by atoms with Gasteiger partial charge in [0.25, 0.3) is 5.91 Å². The Labute approximate surface area is 141 Å². The number of nitrogen functional groups attached to an aromatic ring is 1. The third-order valence-electron chi connectivity index (χ3n) is 3.68. The average molecular weight is 316 g/mol. The molecule has 0 bridgehead atoms. The van der Waals surface area contributed by atoms with Gasteiger partial charge in [0, 0.05) is 18.0 Å². The number of benzene rings is 2. The summed E-state index contributed by atoms with van der Waals surface area (Å²) in [6.07, 6.45) is 6.52. The topological polar surface area (TPSA) is 68.0 Å². The minimum atomic E-state index is -0.174. The minimum absolute atomic E-state index is 0.174. The summed E-state index contributed by atoms with van der Waals surface area (Å²) in [5, 5.41) is 2.82. The molecule has 1 aromatic heterocycles. The molecule has 1 amide bonds. The highest BCUT2D eigenvalue weighted by Crippen LogP contribution is 2.18. The van der Waals surface area contributed by atoms with Crippen LogP contribution in [-0.4, -0.2) is 10.9 Å². The Hall–Kier alpha value is -3.14. The molecule has 0 saturated heterocycles. The molecule has 4 nitrogen and oxygen atoms in total. The highest BCUT2D eigenvalue weighted by molar-refractivity contribution is 6.05. The summed E-state index contributed by atoms with van der Waals surface area (Å²) in [6, 6.07) is 18.6. The van der Waals surface area contributed by atoms with Crippen molar-refractivity contribution in [1.82, 2.24) is 4.98 Å². The summed E-state index contributed by atoms with van der Waals surface area (Å²) >= 11 is 0. The number of hydrogen-bond donors (Lipinski definition) is 2. The summed E-state index contributed by atoms with van der Waals surface area (Å²) in [4.78, 5) is 16.4. The zero-order valence-electron chi connectivity index (χ0n) is 13.1. The first-order chi connectivity index (χ1) is 11.7. The van der Waals surface area contributed by atoms with Crippen LogP contribution in [0.5, 0.6) is 0 Å². The van der Waals surface area contributed by atoms with E-state index in [1.165, 1.54) is 0 Å². The van der Waals surface area contributed by atoms with Crippen LogP contribution in [0.3, 0.4) is 0 Å². The van der Waals surface area contributed by atoms with Gasteiger partial charge in [0.2, 0.25) is 0 Å². The lowest BCUT2D eigenvalue weighted by atomic mass is 10.0. The van der Waals surface area contributed by atoms with Crippen LogP contribution in [0.4, 0.5) is 11.4 Å². The Morgan fingerprint density at radius 1 is 1.04 bits per heavy atom. The molecule has 3 N–H and O–H groups in total. The minimum Gasteiger partial charge on any atom is -0.397 e. The number of rotatable bonds is 5. The van der Waals surface area contributed by atoms with Crippen LogP contribution >= 0.6 is 0 Å². The number of pyridine rings is 1. The van der Waals surface area contributed by atoms with Crippen LogP contribution in [0.1, 0.15) is 21.5 Å². The maximum Gasteiger partial charge on any atom is 0.255 e. The number of para-hydroxylation sites is 2. The fraction of sp³-hybridized carbons (Fsp3) is 0.0500. The third-order valence-corrected chi connectivity index (χ3v) is 3.68. The molecular formula is C20H18N3O. The number of nitrogens with one attached hydrogen (secondary N) is 1. The van der Waals surface area contributed by atoms with Crippen LogP contribution in [0.15, 0.2) is 73.1 Å². The van der Waals surface area contributed by atoms with Gasteiger partial charge in [-0.2, -0.15) is 0 Å². The zero-order chi connectivity index (χ0) is 16.8. The van der Waals surface area contributed by atoms with Gasteiger partial charge in [-0.1, -0.05) is 30.3 Å². The molecule has 3 rings (SSSR count). The van der Waals surface area contributed by atoms with Crippen molar-refractivity contribution in [2.45, 2.75) is 6.42 Å². The molecule has 0 aliphatic carbocycles. The fourth-order valence-corrected chi connectivity index (χ4v) is 2.33. The molecule has 2 aromatic carbocycles. The Bertz CT molecular complexity index is 814. The second-order valence-corrected chi connectivity index (χ2v) is 5.43. The van der Waals surface area contributed by atoms with Gasteiger partial charge in [-0.15, -0.1) is 0 Å². The van der Waals surface area contributed by atoms with Crippen LogP contribution in [-0.2, 0) is 6.42 Å². The number of carbonyl (C=O) groups is 1. The zero-order valence-corrected chi connectivity index (χ0v) is 13.1. The number of nitrogens with zero attached hydrogens (tertiary/aromatic N) is 1. The molecule has 0 aliphatic rings.